The fourth-order valence-electron chi connectivity index (χ4n) is 1.85. The molecule has 78 valence electrons. The largest absolute Gasteiger partial charge is 0.345 e. The van der Waals surface area contributed by atoms with Crippen LogP contribution in [0.25, 0.3) is 0 Å². The minimum atomic E-state index is -2.62. The van der Waals surface area contributed by atoms with Crippen molar-refractivity contribution in [3.8, 4) is 0 Å². The molecule has 2 nitrogen and oxygen atoms in total. The summed E-state index contributed by atoms with van der Waals surface area (Å²) in [6.45, 7) is 1.55. The molecule has 1 atom stereocenters. The van der Waals surface area contributed by atoms with Gasteiger partial charge in [0.15, 0.2) is 0 Å². The number of rotatable bonds is 4. The summed E-state index contributed by atoms with van der Waals surface area (Å²) >= 11 is 0. The summed E-state index contributed by atoms with van der Waals surface area (Å²) in [6.07, 6.45) is 3.30. The van der Waals surface area contributed by atoms with Crippen LogP contribution in [0, 0.1) is 0 Å². The van der Waals surface area contributed by atoms with Crippen molar-refractivity contribution >= 4 is 0 Å². The predicted molar refractivity (Wildman–Crippen MR) is 46.8 cm³/mol. The first-order valence-corrected chi connectivity index (χ1v) is 4.88. The van der Waals surface area contributed by atoms with Gasteiger partial charge < -0.3 is 4.74 Å². The van der Waals surface area contributed by atoms with Gasteiger partial charge in [-0.1, -0.05) is 13.3 Å². The van der Waals surface area contributed by atoms with Crippen molar-refractivity contribution in [1.82, 2.24) is 4.90 Å². The first kappa shape index (κ1) is 10.9. The van der Waals surface area contributed by atoms with E-state index in [9.17, 15) is 8.78 Å². The Balaban J connectivity index is 2.27. The third-order valence-corrected chi connectivity index (χ3v) is 2.57. The van der Waals surface area contributed by atoms with Gasteiger partial charge in [0.25, 0.3) is 0 Å². The molecule has 1 aliphatic rings. The smallest absolute Gasteiger partial charge is 0.321 e. The highest BCUT2D eigenvalue weighted by molar-refractivity contribution is 4.75. The predicted octanol–water partition coefficient (Wildman–Crippen LogP) is 2.10. The monoisotopic (exact) mass is 193 g/mol. The van der Waals surface area contributed by atoms with E-state index < -0.39 is 6.61 Å². The Morgan fingerprint density at radius 1 is 1.46 bits per heavy atom. The Morgan fingerprint density at radius 2 is 2.23 bits per heavy atom. The molecule has 0 aliphatic carbocycles. The molecule has 0 bridgehead atoms. The van der Waals surface area contributed by atoms with Crippen molar-refractivity contribution in [2.24, 2.45) is 0 Å². The van der Waals surface area contributed by atoms with Gasteiger partial charge in [0.05, 0.1) is 6.61 Å². The summed E-state index contributed by atoms with van der Waals surface area (Å²) in [5, 5.41) is 0. The number of piperidine rings is 1. The van der Waals surface area contributed by atoms with Gasteiger partial charge in [-0.2, -0.15) is 8.78 Å². The maximum absolute atomic E-state index is 11.8. The van der Waals surface area contributed by atoms with Gasteiger partial charge in [0, 0.05) is 6.04 Å². The van der Waals surface area contributed by atoms with E-state index in [4.69, 9.17) is 0 Å². The highest BCUT2D eigenvalue weighted by atomic mass is 19.3. The highest BCUT2D eigenvalue weighted by Crippen LogP contribution is 2.17. The van der Waals surface area contributed by atoms with Gasteiger partial charge in [0.2, 0.25) is 0 Å². The third-order valence-electron chi connectivity index (χ3n) is 2.57. The zero-order valence-electron chi connectivity index (χ0n) is 8.01. The summed E-state index contributed by atoms with van der Waals surface area (Å²) in [5.74, 6) is 0. The van der Waals surface area contributed by atoms with E-state index in [0.717, 1.165) is 25.9 Å². The molecule has 1 rings (SSSR count). The second kappa shape index (κ2) is 5.50. The molecule has 1 saturated heterocycles. The summed E-state index contributed by atoms with van der Waals surface area (Å²) in [5.41, 5.74) is 0. The van der Waals surface area contributed by atoms with Gasteiger partial charge in [0.1, 0.15) is 0 Å². The lowest BCUT2D eigenvalue weighted by atomic mass is 10.0. The Labute approximate surface area is 77.9 Å². The average Bonchev–Trinajstić information content (AvgIpc) is 2.15. The standard InChI is InChI=1S/C9H17F2NO/c1-2-12-6-4-3-5-8(12)7-13-9(10)11/h8-9H,2-7H2,1H3. The quantitative estimate of drug-likeness (QED) is 0.678. The van der Waals surface area contributed by atoms with Crippen molar-refractivity contribution in [1.29, 1.82) is 0 Å². The van der Waals surface area contributed by atoms with Crippen LogP contribution in [-0.4, -0.2) is 37.2 Å². The minimum absolute atomic E-state index is 0.172. The van der Waals surface area contributed by atoms with Crippen LogP contribution in [0.1, 0.15) is 26.2 Å². The van der Waals surface area contributed by atoms with E-state index >= 15 is 0 Å². The van der Waals surface area contributed by atoms with Crippen molar-refractivity contribution in [3.05, 3.63) is 0 Å². The molecule has 13 heavy (non-hydrogen) atoms. The van der Waals surface area contributed by atoms with Crippen LogP contribution in [-0.2, 0) is 4.74 Å². The minimum Gasteiger partial charge on any atom is -0.321 e. The van der Waals surface area contributed by atoms with Crippen LogP contribution in [0.3, 0.4) is 0 Å². The molecule has 4 heteroatoms. The van der Waals surface area contributed by atoms with E-state index in [1.165, 1.54) is 6.42 Å². The molecule has 0 radical (unpaired) electrons. The second-order valence-electron chi connectivity index (χ2n) is 3.37. The van der Waals surface area contributed by atoms with E-state index in [1.807, 2.05) is 0 Å². The van der Waals surface area contributed by atoms with Crippen LogP contribution >= 0.6 is 0 Å². The number of halogens is 2. The van der Waals surface area contributed by atoms with Gasteiger partial charge >= 0.3 is 6.61 Å². The first-order chi connectivity index (χ1) is 6.24. The van der Waals surface area contributed by atoms with Gasteiger partial charge in [-0.3, -0.25) is 4.90 Å². The molecule has 0 N–H and O–H groups in total. The van der Waals surface area contributed by atoms with E-state index in [1.54, 1.807) is 0 Å². The molecule has 1 aliphatic heterocycles. The van der Waals surface area contributed by atoms with Gasteiger partial charge in [-0.15, -0.1) is 0 Å². The number of likely N-dealkylation sites (tertiary alicyclic amines) is 1. The molecule has 0 spiro atoms. The van der Waals surface area contributed by atoms with Crippen LogP contribution in [0.5, 0.6) is 0 Å². The average molecular weight is 193 g/mol. The normalized spacial score (nSPS) is 25.4. The molecular weight excluding hydrogens is 176 g/mol. The molecule has 1 heterocycles. The molecule has 0 aromatic carbocycles. The van der Waals surface area contributed by atoms with Crippen molar-refractivity contribution in [3.63, 3.8) is 0 Å². The second-order valence-corrected chi connectivity index (χ2v) is 3.37. The number of likely N-dealkylation sites (N-methyl/N-ethyl adjacent to an activating group) is 1. The van der Waals surface area contributed by atoms with Gasteiger partial charge in [-0.05, 0) is 25.9 Å². The lowest BCUT2D eigenvalue weighted by Gasteiger charge is -2.34. The van der Waals surface area contributed by atoms with E-state index in [0.29, 0.717) is 0 Å². The molecule has 1 fully saturated rings. The number of hydrogen-bond acceptors (Lipinski definition) is 2. The Hall–Kier alpha value is -0.220. The van der Waals surface area contributed by atoms with Crippen molar-refractivity contribution in [2.45, 2.75) is 38.8 Å². The van der Waals surface area contributed by atoms with Crippen LogP contribution in [0.15, 0.2) is 0 Å². The summed E-state index contributed by atoms with van der Waals surface area (Å²) < 4.78 is 27.9. The van der Waals surface area contributed by atoms with Crippen molar-refractivity contribution in [2.75, 3.05) is 19.7 Å². The Bertz CT molecular complexity index is 144. The fourth-order valence-corrected chi connectivity index (χ4v) is 1.85. The third kappa shape index (κ3) is 3.56. The van der Waals surface area contributed by atoms with Crippen LogP contribution in [0.4, 0.5) is 8.78 Å². The Morgan fingerprint density at radius 3 is 2.85 bits per heavy atom. The molecule has 0 aromatic rings. The van der Waals surface area contributed by atoms with Crippen LogP contribution in [0.2, 0.25) is 0 Å². The number of hydrogen-bond donors (Lipinski definition) is 0. The molecular formula is C9H17F2NO. The maximum Gasteiger partial charge on any atom is 0.345 e. The zero-order chi connectivity index (χ0) is 9.68. The molecule has 1 unspecified atom stereocenters. The summed E-state index contributed by atoms with van der Waals surface area (Å²) in [7, 11) is 0. The zero-order valence-corrected chi connectivity index (χ0v) is 8.01. The SMILES string of the molecule is CCN1CCCCC1COC(F)F. The summed E-state index contributed by atoms with van der Waals surface area (Å²) in [6, 6.07) is 0.202. The topological polar surface area (TPSA) is 12.5 Å². The van der Waals surface area contributed by atoms with Crippen LogP contribution < -0.4 is 0 Å². The lowest BCUT2D eigenvalue weighted by molar-refractivity contribution is -0.143. The highest BCUT2D eigenvalue weighted by Gasteiger charge is 2.21. The van der Waals surface area contributed by atoms with Gasteiger partial charge in [-0.25, -0.2) is 0 Å². The van der Waals surface area contributed by atoms with Crippen molar-refractivity contribution < 1.29 is 13.5 Å². The fraction of sp³-hybridized carbons (Fsp3) is 1.00. The number of ether oxygens (including phenoxy) is 1. The molecule has 0 aromatic heterocycles. The van der Waals surface area contributed by atoms with E-state index in [2.05, 4.69) is 16.6 Å². The number of nitrogens with zero attached hydrogens (tertiary/aromatic N) is 1. The first-order valence-electron chi connectivity index (χ1n) is 4.88. The molecule has 0 amide bonds. The summed E-state index contributed by atoms with van der Waals surface area (Å²) in [4.78, 5) is 2.21. The molecule has 0 saturated carbocycles. The lowest BCUT2D eigenvalue weighted by Crippen LogP contribution is -2.42. The van der Waals surface area contributed by atoms with E-state index in [-0.39, 0.29) is 12.6 Å². The maximum atomic E-state index is 11.8. The Kier molecular flexibility index (Phi) is 4.59. The number of alkyl halides is 2.